The normalized spacial score (nSPS) is 11.2. The number of hydrogen-bond acceptors (Lipinski definition) is 2. The maximum atomic E-state index is 10.5. The van der Waals surface area contributed by atoms with Gasteiger partial charge in [0.05, 0.1) is 5.70 Å². The van der Waals surface area contributed by atoms with Gasteiger partial charge >= 0.3 is 0 Å². The van der Waals surface area contributed by atoms with Crippen LogP contribution in [0.1, 0.15) is 5.56 Å². The minimum absolute atomic E-state index is 0.0706. The van der Waals surface area contributed by atoms with Crippen molar-refractivity contribution in [1.29, 1.82) is 0 Å². The van der Waals surface area contributed by atoms with E-state index in [0.29, 0.717) is 0 Å². The Balaban J connectivity index is 2.89. The molecule has 1 amide bonds. The Hall–Kier alpha value is -1.77. The Kier molecular flexibility index (Phi) is 2.48. The molecule has 3 nitrogen and oxygen atoms in total. The van der Waals surface area contributed by atoms with Crippen molar-refractivity contribution in [3.63, 3.8) is 0 Å². The van der Waals surface area contributed by atoms with Crippen LogP contribution in [0.25, 0.3) is 6.08 Å². The van der Waals surface area contributed by atoms with Crippen molar-refractivity contribution < 1.29 is 4.79 Å². The van der Waals surface area contributed by atoms with Crippen LogP contribution in [-0.2, 0) is 4.79 Å². The average Bonchev–Trinajstić information content (AvgIpc) is 2.06. The Morgan fingerprint density at radius 3 is 2.25 bits per heavy atom. The molecular formula is C9H10N2O. The molecule has 0 atom stereocenters. The maximum Gasteiger partial charge on any atom is 0.264 e. The molecule has 0 saturated heterocycles. The third-order valence-corrected chi connectivity index (χ3v) is 1.41. The van der Waals surface area contributed by atoms with Gasteiger partial charge in [0, 0.05) is 0 Å². The van der Waals surface area contributed by atoms with E-state index >= 15 is 0 Å². The van der Waals surface area contributed by atoms with Gasteiger partial charge in [-0.25, -0.2) is 0 Å². The third-order valence-electron chi connectivity index (χ3n) is 1.41. The van der Waals surface area contributed by atoms with Crippen LogP contribution < -0.4 is 11.5 Å². The predicted molar refractivity (Wildman–Crippen MR) is 47.8 cm³/mol. The van der Waals surface area contributed by atoms with E-state index < -0.39 is 5.91 Å². The summed E-state index contributed by atoms with van der Waals surface area (Å²) >= 11 is 0. The summed E-state index contributed by atoms with van der Waals surface area (Å²) in [5, 5.41) is 0. The largest absolute Gasteiger partial charge is 0.394 e. The molecular weight excluding hydrogens is 152 g/mol. The topological polar surface area (TPSA) is 69.1 Å². The predicted octanol–water partition coefficient (Wildman–Crippen LogP) is 0.472. The van der Waals surface area contributed by atoms with Crippen LogP contribution >= 0.6 is 0 Å². The van der Waals surface area contributed by atoms with Crippen LogP contribution in [0.3, 0.4) is 0 Å². The third kappa shape index (κ3) is 2.12. The van der Waals surface area contributed by atoms with E-state index in [-0.39, 0.29) is 5.70 Å². The average molecular weight is 162 g/mol. The lowest BCUT2D eigenvalue weighted by Crippen LogP contribution is -2.19. The quantitative estimate of drug-likeness (QED) is 0.621. The van der Waals surface area contributed by atoms with E-state index in [1.807, 2.05) is 30.3 Å². The minimum Gasteiger partial charge on any atom is -0.394 e. The molecule has 1 aromatic carbocycles. The highest BCUT2D eigenvalue weighted by atomic mass is 16.1. The molecule has 3 heteroatoms. The monoisotopic (exact) mass is 162 g/mol. The zero-order valence-corrected chi connectivity index (χ0v) is 6.53. The Bertz CT molecular complexity index is 304. The second-order valence-electron chi connectivity index (χ2n) is 2.37. The first-order valence-corrected chi connectivity index (χ1v) is 3.52. The lowest BCUT2D eigenvalue weighted by molar-refractivity contribution is -0.114. The van der Waals surface area contributed by atoms with E-state index in [9.17, 15) is 4.79 Å². The molecule has 62 valence electrons. The summed E-state index contributed by atoms with van der Waals surface area (Å²) in [5.41, 5.74) is 11.2. The van der Waals surface area contributed by atoms with Crippen molar-refractivity contribution in [2.24, 2.45) is 11.5 Å². The molecule has 0 unspecified atom stereocenters. The van der Waals surface area contributed by atoms with Gasteiger partial charge in [-0.1, -0.05) is 30.3 Å². The number of primary amides is 1. The zero-order valence-electron chi connectivity index (χ0n) is 6.53. The maximum absolute atomic E-state index is 10.5. The molecule has 12 heavy (non-hydrogen) atoms. The summed E-state index contributed by atoms with van der Waals surface area (Å²) in [7, 11) is 0. The van der Waals surface area contributed by atoms with E-state index in [1.165, 1.54) is 0 Å². The number of benzene rings is 1. The lowest BCUT2D eigenvalue weighted by Gasteiger charge is -1.94. The molecule has 0 spiro atoms. The van der Waals surface area contributed by atoms with Crippen molar-refractivity contribution in [3.05, 3.63) is 41.6 Å². The second kappa shape index (κ2) is 3.57. The molecule has 0 aromatic heterocycles. The van der Waals surface area contributed by atoms with Gasteiger partial charge in [-0.3, -0.25) is 4.79 Å². The van der Waals surface area contributed by atoms with Gasteiger partial charge in [0.2, 0.25) is 0 Å². The van der Waals surface area contributed by atoms with Gasteiger partial charge < -0.3 is 11.5 Å². The first kappa shape index (κ1) is 8.33. The van der Waals surface area contributed by atoms with Crippen LogP contribution in [0, 0.1) is 0 Å². The molecule has 0 aliphatic heterocycles. The highest BCUT2D eigenvalue weighted by Gasteiger charge is 1.96. The fourth-order valence-corrected chi connectivity index (χ4v) is 0.800. The SMILES string of the molecule is NC(=O)/C(N)=C\c1ccccc1. The number of amides is 1. The van der Waals surface area contributed by atoms with Crippen LogP contribution in [0.4, 0.5) is 0 Å². The number of rotatable bonds is 2. The first-order valence-electron chi connectivity index (χ1n) is 3.52. The van der Waals surface area contributed by atoms with E-state index in [0.717, 1.165) is 5.56 Å². The summed E-state index contributed by atoms with van der Waals surface area (Å²) in [6.07, 6.45) is 1.54. The molecule has 0 radical (unpaired) electrons. The first-order chi connectivity index (χ1) is 5.70. The van der Waals surface area contributed by atoms with E-state index in [2.05, 4.69) is 0 Å². The molecule has 0 aliphatic carbocycles. The molecule has 1 rings (SSSR count). The fourth-order valence-electron chi connectivity index (χ4n) is 0.800. The summed E-state index contributed by atoms with van der Waals surface area (Å²) in [5.74, 6) is -0.598. The van der Waals surface area contributed by atoms with E-state index in [4.69, 9.17) is 11.5 Å². The van der Waals surface area contributed by atoms with Gasteiger partial charge in [-0.15, -0.1) is 0 Å². The van der Waals surface area contributed by atoms with Crippen LogP contribution in [0.2, 0.25) is 0 Å². The number of nitrogens with two attached hydrogens (primary N) is 2. The van der Waals surface area contributed by atoms with E-state index in [1.54, 1.807) is 6.08 Å². The minimum atomic E-state index is -0.598. The smallest absolute Gasteiger partial charge is 0.264 e. The Morgan fingerprint density at radius 2 is 1.75 bits per heavy atom. The van der Waals surface area contributed by atoms with Crippen LogP contribution in [0.15, 0.2) is 36.0 Å². The van der Waals surface area contributed by atoms with Crippen LogP contribution in [-0.4, -0.2) is 5.91 Å². The molecule has 4 N–H and O–H groups in total. The van der Waals surface area contributed by atoms with Crippen molar-refractivity contribution in [1.82, 2.24) is 0 Å². The highest BCUT2D eigenvalue weighted by molar-refractivity contribution is 5.95. The summed E-state index contributed by atoms with van der Waals surface area (Å²) in [6, 6.07) is 9.30. The molecule has 0 fully saturated rings. The highest BCUT2D eigenvalue weighted by Crippen LogP contribution is 2.02. The standard InChI is InChI=1S/C9H10N2O/c10-8(9(11)12)6-7-4-2-1-3-5-7/h1-6H,10H2,(H2,11,12)/b8-6+. The van der Waals surface area contributed by atoms with Crippen molar-refractivity contribution in [2.75, 3.05) is 0 Å². The summed E-state index contributed by atoms with van der Waals surface area (Å²) < 4.78 is 0. The van der Waals surface area contributed by atoms with Crippen LogP contribution in [0.5, 0.6) is 0 Å². The summed E-state index contributed by atoms with van der Waals surface area (Å²) in [4.78, 5) is 10.5. The number of hydrogen-bond donors (Lipinski definition) is 2. The number of carbonyl (C=O) groups is 1. The molecule has 0 aliphatic rings. The molecule has 0 saturated carbocycles. The van der Waals surface area contributed by atoms with Gasteiger partial charge in [-0.2, -0.15) is 0 Å². The van der Waals surface area contributed by atoms with Gasteiger partial charge in [-0.05, 0) is 11.6 Å². The zero-order chi connectivity index (χ0) is 8.97. The second-order valence-corrected chi connectivity index (χ2v) is 2.37. The lowest BCUT2D eigenvalue weighted by atomic mass is 10.2. The van der Waals surface area contributed by atoms with Gasteiger partial charge in [0.15, 0.2) is 0 Å². The molecule has 0 heterocycles. The molecule has 0 bridgehead atoms. The Labute approximate surface area is 70.7 Å². The van der Waals surface area contributed by atoms with Gasteiger partial charge in [0.1, 0.15) is 0 Å². The van der Waals surface area contributed by atoms with Crippen molar-refractivity contribution >= 4 is 12.0 Å². The van der Waals surface area contributed by atoms with Crippen molar-refractivity contribution in [2.45, 2.75) is 0 Å². The Morgan fingerprint density at radius 1 is 1.17 bits per heavy atom. The molecule has 1 aromatic rings. The van der Waals surface area contributed by atoms with Gasteiger partial charge in [0.25, 0.3) is 5.91 Å². The fraction of sp³-hybridized carbons (Fsp3) is 0. The van der Waals surface area contributed by atoms with Crippen molar-refractivity contribution in [3.8, 4) is 0 Å². The summed E-state index contributed by atoms with van der Waals surface area (Å²) in [6.45, 7) is 0. The number of carbonyl (C=O) groups excluding carboxylic acids is 1.